The zero-order valence-electron chi connectivity index (χ0n) is 13.8. The van der Waals surface area contributed by atoms with Crippen molar-refractivity contribution in [3.05, 3.63) is 29.8 Å². The Morgan fingerprint density at radius 2 is 2.09 bits per heavy atom. The predicted octanol–water partition coefficient (Wildman–Crippen LogP) is 1.34. The highest BCUT2D eigenvalue weighted by atomic mass is 16.5. The maximum atomic E-state index is 12.1. The van der Waals surface area contributed by atoms with Crippen molar-refractivity contribution >= 4 is 5.91 Å². The molecule has 1 aliphatic rings. The Labute approximate surface area is 133 Å². The summed E-state index contributed by atoms with van der Waals surface area (Å²) in [5.41, 5.74) is 1.05. The number of amides is 1. The van der Waals surface area contributed by atoms with Gasteiger partial charge in [-0.2, -0.15) is 0 Å². The number of carbonyl (C=O) groups excluding carboxylic acids is 1. The Hall–Kier alpha value is -1.59. The number of hydrogen-bond donors (Lipinski definition) is 1. The van der Waals surface area contributed by atoms with Crippen LogP contribution in [0.2, 0.25) is 0 Å². The zero-order valence-corrected chi connectivity index (χ0v) is 13.8. The van der Waals surface area contributed by atoms with E-state index in [1.165, 1.54) is 0 Å². The second-order valence-corrected chi connectivity index (χ2v) is 6.10. The van der Waals surface area contributed by atoms with Gasteiger partial charge in [0.2, 0.25) is 5.91 Å². The summed E-state index contributed by atoms with van der Waals surface area (Å²) in [6.45, 7) is 3.03. The number of rotatable bonds is 6. The van der Waals surface area contributed by atoms with Gasteiger partial charge in [0.25, 0.3) is 0 Å². The lowest BCUT2D eigenvalue weighted by Crippen LogP contribution is -2.45. The molecule has 1 heterocycles. The number of nitrogens with one attached hydrogen (secondary N) is 1. The minimum Gasteiger partial charge on any atom is -0.497 e. The first-order valence-electron chi connectivity index (χ1n) is 7.87. The number of likely N-dealkylation sites (tertiary alicyclic amines) is 1. The third kappa shape index (κ3) is 5.00. The molecule has 2 rings (SSSR count). The first-order chi connectivity index (χ1) is 10.6. The number of nitrogens with zero attached hydrogens (tertiary/aromatic N) is 2. The van der Waals surface area contributed by atoms with Crippen LogP contribution in [0.25, 0.3) is 0 Å². The lowest BCUT2D eigenvalue weighted by Gasteiger charge is -2.34. The normalized spacial score (nSPS) is 16.7. The van der Waals surface area contributed by atoms with E-state index in [9.17, 15) is 4.79 Å². The molecule has 0 saturated carbocycles. The molecule has 1 aliphatic heterocycles. The summed E-state index contributed by atoms with van der Waals surface area (Å²) in [7, 11) is 5.90. The van der Waals surface area contributed by atoms with Crippen molar-refractivity contribution < 1.29 is 9.53 Å². The molecular weight excluding hydrogens is 278 g/mol. The Balaban J connectivity index is 1.72. The SMILES string of the molecule is COc1cccc(CNC(=O)CN2CCC(N(C)C)CC2)c1. The highest BCUT2D eigenvalue weighted by molar-refractivity contribution is 5.78. The molecule has 0 aromatic heterocycles. The van der Waals surface area contributed by atoms with Crippen molar-refractivity contribution in [2.75, 3.05) is 40.8 Å². The second kappa shape index (κ2) is 8.15. The minimum absolute atomic E-state index is 0.0890. The molecule has 0 bridgehead atoms. The molecular formula is C17H27N3O2. The van der Waals surface area contributed by atoms with Crippen molar-refractivity contribution in [3.63, 3.8) is 0 Å². The fourth-order valence-corrected chi connectivity index (χ4v) is 2.84. The highest BCUT2D eigenvalue weighted by Gasteiger charge is 2.21. The molecule has 122 valence electrons. The fourth-order valence-electron chi connectivity index (χ4n) is 2.84. The highest BCUT2D eigenvalue weighted by Crippen LogP contribution is 2.14. The maximum Gasteiger partial charge on any atom is 0.234 e. The molecule has 1 amide bonds. The van der Waals surface area contributed by atoms with Gasteiger partial charge in [0.1, 0.15) is 5.75 Å². The van der Waals surface area contributed by atoms with Gasteiger partial charge in [-0.25, -0.2) is 0 Å². The Morgan fingerprint density at radius 3 is 2.73 bits per heavy atom. The van der Waals surface area contributed by atoms with Crippen LogP contribution in [0.1, 0.15) is 18.4 Å². The quantitative estimate of drug-likeness (QED) is 0.861. The van der Waals surface area contributed by atoms with E-state index in [-0.39, 0.29) is 5.91 Å². The topological polar surface area (TPSA) is 44.8 Å². The average molecular weight is 305 g/mol. The lowest BCUT2D eigenvalue weighted by molar-refractivity contribution is -0.122. The van der Waals surface area contributed by atoms with Crippen LogP contribution in [0, 0.1) is 0 Å². The van der Waals surface area contributed by atoms with Gasteiger partial charge in [0, 0.05) is 25.7 Å². The minimum atomic E-state index is 0.0890. The van der Waals surface area contributed by atoms with Gasteiger partial charge in [-0.15, -0.1) is 0 Å². The predicted molar refractivity (Wildman–Crippen MR) is 88.0 cm³/mol. The third-order valence-corrected chi connectivity index (χ3v) is 4.28. The smallest absolute Gasteiger partial charge is 0.234 e. The monoisotopic (exact) mass is 305 g/mol. The van der Waals surface area contributed by atoms with Crippen molar-refractivity contribution in [1.29, 1.82) is 0 Å². The van der Waals surface area contributed by atoms with Gasteiger partial charge < -0.3 is 15.0 Å². The summed E-state index contributed by atoms with van der Waals surface area (Å²) >= 11 is 0. The van der Waals surface area contributed by atoms with Gasteiger partial charge in [0.15, 0.2) is 0 Å². The molecule has 0 aliphatic carbocycles. The van der Waals surface area contributed by atoms with E-state index in [2.05, 4.69) is 29.2 Å². The van der Waals surface area contributed by atoms with Crippen LogP contribution < -0.4 is 10.1 Å². The van der Waals surface area contributed by atoms with Gasteiger partial charge in [-0.3, -0.25) is 9.69 Å². The number of hydrogen-bond acceptors (Lipinski definition) is 4. The van der Waals surface area contributed by atoms with Crippen molar-refractivity contribution in [1.82, 2.24) is 15.1 Å². The number of carbonyl (C=O) groups is 1. The molecule has 0 radical (unpaired) electrons. The molecule has 22 heavy (non-hydrogen) atoms. The molecule has 0 spiro atoms. The van der Waals surface area contributed by atoms with E-state index in [1.807, 2.05) is 24.3 Å². The average Bonchev–Trinajstić information content (AvgIpc) is 2.53. The van der Waals surface area contributed by atoms with E-state index in [4.69, 9.17) is 4.74 Å². The third-order valence-electron chi connectivity index (χ3n) is 4.28. The summed E-state index contributed by atoms with van der Waals surface area (Å²) in [4.78, 5) is 16.6. The van der Waals surface area contributed by atoms with Crippen LogP contribution in [0.3, 0.4) is 0 Å². The number of benzene rings is 1. The van der Waals surface area contributed by atoms with Crippen LogP contribution in [0.4, 0.5) is 0 Å². The molecule has 5 nitrogen and oxygen atoms in total. The molecule has 1 fully saturated rings. The Morgan fingerprint density at radius 1 is 1.36 bits per heavy atom. The van der Waals surface area contributed by atoms with Crippen LogP contribution in [-0.4, -0.2) is 62.6 Å². The first-order valence-corrected chi connectivity index (χ1v) is 7.87. The summed E-state index contributed by atoms with van der Waals surface area (Å²) in [5, 5.41) is 2.98. The van der Waals surface area contributed by atoms with Gasteiger partial charge in [-0.1, -0.05) is 12.1 Å². The van der Waals surface area contributed by atoms with Gasteiger partial charge in [-0.05, 0) is 44.6 Å². The largest absolute Gasteiger partial charge is 0.497 e. The zero-order chi connectivity index (χ0) is 15.9. The molecule has 1 aromatic carbocycles. The fraction of sp³-hybridized carbons (Fsp3) is 0.588. The van der Waals surface area contributed by atoms with Crippen LogP contribution in [0.15, 0.2) is 24.3 Å². The lowest BCUT2D eigenvalue weighted by atomic mass is 10.0. The maximum absolute atomic E-state index is 12.1. The van der Waals surface area contributed by atoms with Crippen molar-refractivity contribution in [2.24, 2.45) is 0 Å². The second-order valence-electron chi connectivity index (χ2n) is 6.10. The molecule has 0 unspecified atom stereocenters. The number of methoxy groups -OCH3 is 1. The van der Waals surface area contributed by atoms with Crippen LogP contribution >= 0.6 is 0 Å². The molecule has 0 atom stereocenters. The summed E-state index contributed by atoms with van der Waals surface area (Å²) in [5.74, 6) is 0.906. The van der Waals surface area contributed by atoms with Crippen LogP contribution in [0.5, 0.6) is 5.75 Å². The van der Waals surface area contributed by atoms with Gasteiger partial charge in [0.05, 0.1) is 13.7 Å². The molecule has 1 saturated heterocycles. The summed E-state index contributed by atoms with van der Waals surface area (Å²) in [6, 6.07) is 8.43. The molecule has 1 N–H and O–H groups in total. The Bertz CT molecular complexity index is 483. The van der Waals surface area contributed by atoms with E-state index in [1.54, 1.807) is 7.11 Å². The van der Waals surface area contributed by atoms with Crippen molar-refractivity contribution in [3.8, 4) is 5.75 Å². The van der Waals surface area contributed by atoms with E-state index in [0.717, 1.165) is 37.2 Å². The summed E-state index contributed by atoms with van der Waals surface area (Å²) < 4.78 is 5.19. The van der Waals surface area contributed by atoms with Crippen LogP contribution in [-0.2, 0) is 11.3 Å². The van der Waals surface area contributed by atoms with Gasteiger partial charge >= 0.3 is 0 Å². The Kier molecular flexibility index (Phi) is 6.21. The first kappa shape index (κ1) is 16.8. The van der Waals surface area contributed by atoms with E-state index in [0.29, 0.717) is 19.1 Å². The van der Waals surface area contributed by atoms with E-state index >= 15 is 0 Å². The number of ether oxygens (including phenoxy) is 1. The molecule has 5 heteroatoms. The molecule has 1 aromatic rings. The van der Waals surface area contributed by atoms with E-state index < -0.39 is 0 Å². The number of piperidine rings is 1. The standard InChI is InChI=1S/C17H27N3O2/c1-19(2)15-7-9-20(10-8-15)13-17(21)18-12-14-5-4-6-16(11-14)22-3/h4-6,11,15H,7-10,12-13H2,1-3H3,(H,18,21). The van der Waals surface area contributed by atoms with Crippen molar-refractivity contribution in [2.45, 2.75) is 25.4 Å². The summed E-state index contributed by atoms with van der Waals surface area (Å²) in [6.07, 6.45) is 2.27.